The van der Waals surface area contributed by atoms with E-state index in [9.17, 15) is 14.7 Å². The number of aliphatic hydroxyl groups excluding tert-OH is 1. The van der Waals surface area contributed by atoms with E-state index in [0.717, 1.165) is 24.0 Å². The molecule has 0 aromatic heterocycles. The highest BCUT2D eigenvalue weighted by Gasteiger charge is 2.57. The summed E-state index contributed by atoms with van der Waals surface area (Å²) < 4.78 is 11.0. The number of hydrogen-bond donors (Lipinski definition) is 1. The molecule has 1 aliphatic heterocycles. The summed E-state index contributed by atoms with van der Waals surface area (Å²) in [6.45, 7) is 7.26. The highest BCUT2D eigenvalue weighted by Crippen LogP contribution is 2.55. The number of carbonyl (C=O) groups excluding carboxylic acids is 2. The summed E-state index contributed by atoms with van der Waals surface area (Å²) in [7, 11) is 0. The molecule has 122 valence electrons. The van der Waals surface area contributed by atoms with Gasteiger partial charge in [0, 0.05) is 24.7 Å². The van der Waals surface area contributed by atoms with Crippen molar-refractivity contribution in [2.24, 2.45) is 17.3 Å². The molecule has 0 aromatic rings. The number of fused-ring (bicyclic) bond motifs is 3. The van der Waals surface area contributed by atoms with E-state index in [2.05, 4.69) is 0 Å². The minimum Gasteiger partial charge on any atom is -0.458 e. The van der Waals surface area contributed by atoms with E-state index in [1.54, 1.807) is 0 Å². The number of esters is 2. The Kier molecular flexibility index (Phi) is 3.59. The van der Waals surface area contributed by atoms with Crippen molar-refractivity contribution in [3.05, 3.63) is 11.1 Å². The molecule has 1 saturated carbocycles. The molecule has 0 radical (unpaired) electrons. The Hall–Kier alpha value is -1.36. The van der Waals surface area contributed by atoms with Gasteiger partial charge in [-0.2, -0.15) is 0 Å². The lowest BCUT2D eigenvalue weighted by Gasteiger charge is -2.50. The van der Waals surface area contributed by atoms with Crippen LogP contribution >= 0.6 is 0 Å². The molecule has 5 nitrogen and oxygen atoms in total. The van der Waals surface area contributed by atoms with Crippen LogP contribution in [0.3, 0.4) is 0 Å². The van der Waals surface area contributed by atoms with Crippen molar-refractivity contribution < 1.29 is 24.2 Å². The van der Waals surface area contributed by atoms with Gasteiger partial charge in [-0.3, -0.25) is 9.59 Å². The van der Waals surface area contributed by atoms with Crippen molar-refractivity contribution in [1.82, 2.24) is 0 Å². The first-order chi connectivity index (χ1) is 10.3. The maximum atomic E-state index is 12.0. The second-order valence-electron chi connectivity index (χ2n) is 7.21. The third-order valence-corrected chi connectivity index (χ3v) is 5.93. The van der Waals surface area contributed by atoms with E-state index in [-0.39, 0.29) is 29.9 Å². The Morgan fingerprint density at radius 2 is 2.14 bits per heavy atom. The lowest BCUT2D eigenvalue weighted by atomic mass is 9.58. The average Bonchev–Trinajstić information content (AvgIpc) is 2.71. The summed E-state index contributed by atoms with van der Waals surface area (Å²) in [6.07, 6.45) is 0.812. The van der Waals surface area contributed by atoms with Crippen LogP contribution in [0, 0.1) is 17.3 Å². The topological polar surface area (TPSA) is 72.8 Å². The van der Waals surface area contributed by atoms with E-state index >= 15 is 0 Å². The van der Waals surface area contributed by atoms with Crippen molar-refractivity contribution >= 4 is 11.9 Å². The van der Waals surface area contributed by atoms with Crippen LogP contribution in [0.15, 0.2) is 11.1 Å². The molecule has 5 heteroatoms. The second-order valence-corrected chi connectivity index (χ2v) is 7.21. The summed E-state index contributed by atoms with van der Waals surface area (Å²) in [6, 6.07) is 0. The van der Waals surface area contributed by atoms with E-state index < -0.39 is 17.6 Å². The van der Waals surface area contributed by atoms with Gasteiger partial charge in [-0.25, -0.2) is 0 Å². The number of carbonyl (C=O) groups is 2. The van der Waals surface area contributed by atoms with Gasteiger partial charge in [0.2, 0.25) is 0 Å². The zero-order valence-corrected chi connectivity index (χ0v) is 13.6. The van der Waals surface area contributed by atoms with Crippen LogP contribution in [-0.4, -0.2) is 35.4 Å². The van der Waals surface area contributed by atoms with Gasteiger partial charge in [0.05, 0.1) is 12.0 Å². The zero-order valence-electron chi connectivity index (χ0n) is 13.6. The number of rotatable bonds is 1. The summed E-state index contributed by atoms with van der Waals surface area (Å²) in [5.41, 5.74) is 1.53. The Morgan fingerprint density at radius 1 is 1.45 bits per heavy atom. The smallest absolute Gasteiger partial charge is 0.309 e. The highest BCUT2D eigenvalue weighted by atomic mass is 16.6. The normalized spacial score (nSPS) is 44.2. The summed E-state index contributed by atoms with van der Waals surface area (Å²) in [5.74, 6) is -0.469. The molecule has 0 aromatic carbocycles. The lowest BCUT2D eigenvalue weighted by Crippen LogP contribution is -2.50. The molecule has 2 aliphatic carbocycles. The largest absolute Gasteiger partial charge is 0.458 e. The van der Waals surface area contributed by atoms with Crippen molar-refractivity contribution in [2.45, 2.75) is 65.3 Å². The molecule has 1 saturated heterocycles. The predicted octanol–water partition coefficient (Wildman–Crippen LogP) is 1.98. The van der Waals surface area contributed by atoms with Crippen LogP contribution in [0.5, 0.6) is 0 Å². The third-order valence-electron chi connectivity index (χ3n) is 5.93. The molecule has 22 heavy (non-hydrogen) atoms. The predicted molar refractivity (Wildman–Crippen MR) is 78.8 cm³/mol. The van der Waals surface area contributed by atoms with E-state index in [0.29, 0.717) is 6.42 Å². The summed E-state index contributed by atoms with van der Waals surface area (Å²) in [4.78, 5) is 23.3. The van der Waals surface area contributed by atoms with Gasteiger partial charge < -0.3 is 14.6 Å². The Morgan fingerprint density at radius 3 is 2.77 bits per heavy atom. The van der Waals surface area contributed by atoms with Crippen LogP contribution in [0.4, 0.5) is 0 Å². The summed E-state index contributed by atoms with van der Waals surface area (Å²) in [5, 5.41) is 10.7. The molecular weight excluding hydrogens is 284 g/mol. The molecular formula is C17H24O5. The maximum Gasteiger partial charge on any atom is 0.309 e. The minimum absolute atomic E-state index is 0.110. The Balaban J connectivity index is 2.05. The zero-order chi connectivity index (χ0) is 16.2. The fourth-order valence-corrected chi connectivity index (χ4v) is 4.53. The third kappa shape index (κ3) is 2.09. The standard InChI is InChI=1S/C17H24O5/c1-8-11-5-6-17(4)13(19)7-12(21-10(3)18)9(2)14(17)15(11)22-16(8)20/h8,11-13,15,19H,5-7H2,1-4H3/t8-,11+,12+,13-,15+,17+/m1/s1. The van der Waals surface area contributed by atoms with Crippen molar-refractivity contribution in [3.63, 3.8) is 0 Å². The van der Waals surface area contributed by atoms with Crippen molar-refractivity contribution in [2.75, 3.05) is 0 Å². The molecule has 0 amide bonds. The van der Waals surface area contributed by atoms with Gasteiger partial charge in [0.15, 0.2) is 0 Å². The van der Waals surface area contributed by atoms with E-state index in [1.807, 2.05) is 20.8 Å². The number of ether oxygens (including phenoxy) is 2. The molecule has 3 aliphatic rings. The summed E-state index contributed by atoms with van der Waals surface area (Å²) >= 11 is 0. The van der Waals surface area contributed by atoms with E-state index in [4.69, 9.17) is 9.47 Å². The molecule has 0 bridgehead atoms. The van der Waals surface area contributed by atoms with Crippen LogP contribution in [0.25, 0.3) is 0 Å². The van der Waals surface area contributed by atoms with Crippen molar-refractivity contribution in [1.29, 1.82) is 0 Å². The van der Waals surface area contributed by atoms with Gasteiger partial charge in [-0.1, -0.05) is 13.8 Å². The molecule has 0 unspecified atom stereocenters. The average molecular weight is 308 g/mol. The van der Waals surface area contributed by atoms with Crippen molar-refractivity contribution in [3.8, 4) is 0 Å². The lowest BCUT2D eigenvalue weighted by molar-refractivity contribution is -0.150. The SMILES string of the molecule is CC(=O)O[C@H]1C[C@@H](O)[C@]2(C)CC[C@@H]3[C@H](OC(=O)[C@@H]3C)C2=C1C. The quantitative estimate of drug-likeness (QED) is 0.592. The Labute approximate surface area is 130 Å². The van der Waals surface area contributed by atoms with Crippen LogP contribution in [0.1, 0.15) is 47.0 Å². The number of hydrogen-bond acceptors (Lipinski definition) is 5. The molecule has 3 rings (SSSR count). The first-order valence-electron chi connectivity index (χ1n) is 8.02. The van der Waals surface area contributed by atoms with Crippen LogP contribution < -0.4 is 0 Å². The van der Waals surface area contributed by atoms with Gasteiger partial charge in [-0.15, -0.1) is 0 Å². The van der Waals surface area contributed by atoms with Gasteiger partial charge in [-0.05, 0) is 30.9 Å². The van der Waals surface area contributed by atoms with E-state index in [1.165, 1.54) is 6.92 Å². The minimum atomic E-state index is -0.592. The monoisotopic (exact) mass is 308 g/mol. The fourth-order valence-electron chi connectivity index (χ4n) is 4.53. The van der Waals surface area contributed by atoms with Gasteiger partial charge >= 0.3 is 11.9 Å². The Bertz CT molecular complexity index is 551. The fraction of sp³-hybridized carbons (Fsp3) is 0.765. The van der Waals surface area contributed by atoms with Crippen LogP contribution in [0.2, 0.25) is 0 Å². The van der Waals surface area contributed by atoms with Gasteiger partial charge in [0.1, 0.15) is 12.2 Å². The molecule has 2 fully saturated rings. The number of aliphatic hydroxyl groups is 1. The van der Waals surface area contributed by atoms with Crippen LogP contribution in [-0.2, 0) is 19.1 Å². The molecule has 1 heterocycles. The first-order valence-corrected chi connectivity index (χ1v) is 8.02. The molecule has 0 spiro atoms. The maximum absolute atomic E-state index is 12.0. The first kappa shape index (κ1) is 15.5. The molecule has 6 atom stereocenters. The highest BCUT2D eigenvalue weighted by molar-refractivity contribution is 5.76. The molecule has 1 N–H and O–H groups in total. The van der Waals surface area contributed by atoms with Gasteiger partial charge in [0.25, 0.3) is 0 Å². The second kappa shape index (κ2) is 5.08.